The number of methoxy groups -OCH3 is 2. The fourth-order valence-corrected chi connectivity index (χ4v) is 2.07. The van der Waals surface area contributed by atoms with Crippen LogP contribution in [0, 0.1) is 0 Å². The van der Waals surface area contributed by atoms with Gasteiger partial charge in [-0.3, -0.25) is 4.79 Å². The molecule has 132 valence electrons. The maximum Gasteiger partial charge on any atom is 0.271 e. The summed E-state index contributed by atoms with van der Waals surface area (Å²) in [4.78, 5) is 12.2. The minimum Gasteiger partial charge on any atom is -0.497 e. The first kappa shape index (κ1) is 18.3. The Morgan fingerprint density at radius 1 is 1.08 bits per heavy atom. The van der Waals surface area contributed by atoms with E-state index in [9.17, 15) is 4.79 Å². The smallest absolute Gasteiger partial charge is 0.271 e. The number of hydrogen-bond acceptors (Lipinski definition) is 5. The first-order valence-corrected chi connectivity index (χ1v) is 7.95. The number of amides is 1. The normalized spacial score (nSPS) is 10.5. The number of hydrogen-bond donors (Lipinski definition) is 1. The molecule has 0 spiro atoms. The lowest BCUT2D eigenvalue weighted by atomic mass is 10.2. The number of carbonyl (C=O) groups is 1. The van der Waals surface area contributed by atoms with Crippen molar-refractivity contribution >= 4 is 12.1 Å². The van der Waals surface area contributed by atoms with Gasteiger partial charge in [0.2, 0.25) is 0 Å². The van der Waals surface area contributed by atoms with Gasteiger partial charge in [0, 0.05) is 11.6 Å². The van der Waals surface area contributed by atoms with Gasteiger partial charge in [-0.1, -0.05) is 19.1 Å². The molecule has 0 aliphatic heterocycles. The Labute approximate surface area is 147 Å². The second-order valence-electron chi connectivity index (χ2n) is 5.22. The molecule has 0 atom stereocenters. The summed E-state index contributed by atoms with van der Waals surface area (Å²) in [5.74, 6) is 1.49. The lowest BCUT2D eigenvalue weighted by Crippen LogP contribution is -2.17. The fourth-order valence-electron chi connectivity index (χ4n) is 2.07. The summed E-state index contributed by atoms with van der Waals surface area (Å²) in [5, 5.41) is 3.99. The Kier molecular flexibility index (Phi) is 6.83. The first-order valence-electron chi connectivity index (χ1n) is 7.95. The van der Waals surface area contributed by atoms with E-state index in [1.165, 1.54) is 14.2 Å². The molecular formula is C19H22N2O4. The number of rotatable bonds is 8. The highest BCUT2D eigenvalue weighted by atomic mass is 16.5. The molecule has 0 aromatic heterocycles. The third-order valence-electron chi connectivity index (χ3n) is 3.32. The lowest BCUT2D eigenvalue weighted by Gasteiger charge is -2.07. The van der Waals surface area contributed by atoms with Gasteiger partial charge in [0.1, 0.15) is 17.2 Å². The van der Waals surface area contributed by atoms with Crippen LogP contribution in [0.2, 0.25) is 0 Å². The quantitative estimate of drug-likeness (QED) is 0.590. The van der Waals surface area contributed by atoms with Crippen LogP contribution in [0.1, 0.15) is 29.3 Å². The Morgan fingerprint density at radius 3 is 2.44 bits per heavy atom. The highest BCUT2D eigenvalue weighted by Gasteiger charge is 2.09. The van der Waals surface area contributed by atoms with E-state index in [1.807, 2.05) is 24.3 Å². The molecule has 0 saturated heterocycles. The molecule has 2 rings (SSSR count). The van der Waals surface area contributed by atoms with Crippen molar-refractivity contribution in [3.05, 3.63) is 53.6 Å². The van der Waals surface area contributed by atoms with Crippen molar-refractivity contribution in [2.75, 3.05) is 20.8 Å². The van der Waals surface area contributed by atoms with Crippen LogP contribution in [0.25, 0.3) is 0 Å². The van der Waals surface area contributed by atoms with Gasteiger partial charge in [0.15, 0.2) is 0 Å². The molecule has 0 bridgehead atoms. The van der Waals surface area contributed by atoms with Crippen molar-refractivity contribution in [2.45, 2.75) is 13.3 Å². The molecule has 6 nitrogen and oxygen atoms in total. The molecule has 0 saturated carbocycles. The van der Waals surface area contributed by atoms with Crippen LogP contribution >= 0.6 is 0 Å². The molecule has 1 N–H and O–H groups in total. The molecule has 0 unspecified atom stereocenters. The second kappa shape index (κ2) is 9.32. The van der Waals surface area contributed by atoms with Gasteiger partial charge < -0.3 is 14.2 Å². The molecule has 0 aliphatic rings. The lowest BCUT2D eigenvalue weighted by molar-refractivity contribution is 0.0954. The van der Waals surface area contributed by atoms with Crippen LogP contribution in [0.3, 0.4) is 0 Å². The van der Waals surface area contributed by atoms with Gasteiger partial charge in [-0.2, -0.15) is 5.10 Å². The number of benzene rings is 2. The van der Waals surface area contributed by atoms with E-state index in [-0.39, 0.29) is 5.91 Å². The summed E-state index contributed by atoms with van der Waals surface area (Å²) >= 11 is 0. The summed E-state index contributed by atoms with van der Waals surface area (Å²) in [7, 11) is 3.06. The number of hydrazone groups is 1. The molecular weight excluding hydrogens is 320 g/mol. The summed E-state index contributed by atoms with van der Waals surface area (Å²) in [6.07, 6.45) is 2.51. The molecule has 2 aromatic rings. The Bertz CT molecular complexity index is 722. The SMILES string of the molecule is CCCOc1cccc(/C=N\NC(=O)c2cc(OC)cc(OC)c2)c1. The minimum atomic E-state index is -0.355. The highest BCUT2D eigenvalue weighted by molar-refractivity contribution is 5.95. The minimum absolute atomic E-state index is 0.355. The molecule has 0 radical (unpaired) electrons. The summed E-state index contributed by atoms with van der Waals surface area (Å²) in [6, 6.07) is 12.4. The van der Waals surface area contributed by atoms with E-state index in [0.717, 1.165) is 17.7 Å². The van der Waals surface area contributed by atoms with Gasteiger partial charge in [0.25, 0.3) is 5.91 Å². The van der Waals surface area contributed by atoms with Gasteiger partial charge >= 0.3 is 0 Å². The maximum atomic E-state index is 12.2. The van der Waals surface area contributed by atoms with Crippen molar-refractivity contribution < 1.29 is 19.0 Å². The Hall–Kier alpha value is -3.02. The fraction of sp³-hybridized carbons (Fsp3) is 0.263. The van der Waals surface area contributed by atoms with E-state index >= 15 is 0 Å². The standard InChI is InChI=1S/C19H22N2O4/c1-4-8-25-16-7-5-6-14(9-16)13-20-21-19(22)15-10-17(23-2)12-18(11-15)24-3/h5-7,9-13H,4,8H2,1-3H3,(H,21,22)/b20-13-. The van der Waals surface area contributed by atoms with Gasteiger partial charge in [0.05, 0.1) is 27.0 Å². The third kappa shape index (κ3) is 5.53. The van der Waals surface area contributed by atoms with E-state index in [1.54, 1.807) is 24.4 Å². The van der Waals surface area contributed by atoms with Gasteiger partial charge in [-0.25, -0.2) is 5.43 Å². The van der Waals surface area contributed by atoms with Crippen molar-refractivity contribution in [1.29, 1.82) is 0 Å². The van der Waals surface area contributed by atoms with Crippen LogP contribution in [-0.2, 0) is 0 Å². The summed E-state index contributed by atoms with van der Waals surface area (Å²) < 4.78 is 15.9. The number of nitrogens with zero attached hydrogens (tertiary/aromatic N) is 1. The molecule has 25 heavy (non-hydrogen) atoms. The zero-order chi connectivity index (χ0) is 18.1. The molecule has 0 aliphatic carbocycles. The molecule has 2 aromatic carbocycles. The van der Waals surface area contributed by atoms with Crippen LogP contribution in [0.5, 0.6) is 17.2 Å². The first-order chi connectivity index (χ1) is 12.2. The largest absolute Gasteiger partial charge is 0.497 e. The highest BCUT2D eigenvalue weighted by Crippen LogP contribution is 2.22. The molecule has 0 fully saturated rings. The van der Waals surface area contributed by atoms with Crippen LogP contribution in [0.4, 0.5) is 0 Å². The second-order valence-corrected chi connectivity index (χ2v) is 5.22. The number of carbonyl (C=O) groups excluding carboxylic acids is 1. The Balaban J connectivity index is 2.03. The third-order valence-corrected chi connectivity index (χ3v) is 3.32. The predicted octanol–water partition coefficient (Wildman–Crippen LogP) is 3.26. The summed E-state index contributed by atoms with van der Waals surface area (Å²) in [5.41, 5.74) is 3.72. The average Bonchev–Trinajstić information content (AvgIpc) is 2.66. The van der Waals surface area contributed by atoms with E-state index in [2.05, 4.69) is 17.5 Å². The molecule has 1 amide bonds. The van der Waals surface area contributed by atoms with E-state index < -0.39 is 0 Å². The van der Waals surface area contributed by atoms with Crippen molar-refractivity contribution in [3.8, 4) is 17.2 Å². The monoisotopic (exact) mass is 342 g/mol. The van der Waals surface area contributed by atoms with E-state index in [0.29, 0.717) is 23.7 Å². The number of nitrogens with one attached hydrogen (secondary N) is 1. The van der Waals surface area contributed by atoms with Crippen molar-refractivity contribution in [1.82, 2.24) is 5.43 Å². The average molecular weight is 342 g/mol. The topological polar surface area (TPSA) is 69.2 Å². The predicted molar refractivity (Wildman–Crippen MR) is 96.8 cm³/mol. The maximum absolute atomic E-state index is 12.2. The Morgan fingerprint density at radius 2 is 1.80 bits per heavy atom. The molecule has 0 heterocycles. The van der Waals surface area contributed by atoms with Gasteiger partial charge in [-0.15, -0.1) is 0 Å². The summed E-state index contributed by atoms with van der Waals surface area (Å²) in [6.45, 7) is 2.71. The van der Waals surface area contributed by atoms with Crippen molar-refractivity contribution in [2.24, 2.45) is 5.10 Å². The van der Waals surface area contributed by atoms with Crippen LogP contribution in [-0.4, -0.2) is 32.9 Å². The number of ether oxygens (including phenoxy) is 3. The molecule has 6 heteroatoms. The van der Waals surface area contributed by atoms with Gasteiger partial charge in [-0.05, 0) is 36.2 Å². The van der Waals surface area contributed by atoms with Crippen LogP contribution < -0.4 is 19.6 Å². The van der Waals surface area contributed by atoms with Crippen molar-refractivity contribution in [3.63, 3.8) is 0 Å². The van der Waals surface area contributed by atoms with Crippen LogP contribution in [0.15, 0.2) is 47.6 Å². The van der Waals surface area contributed by atoms with E-state index in [4.69, 9.17) is 14.2 Å². The zero-order valence-electron chi connectivity index (χ0n) is 14.6. The zero-order valence-corrected chi connectivity index (χ0v) is 14.6.